The summed E-state index contributed by atoms with van der Waals surface area (Å²) in [6, 6.07) is 3.87. The fourth-order valence-electron chi connectivity index (χ4n) is 0.760. The molecule has 60 valence electrons. The molecular formula is C8H7BrF2. The standard InChI is InChI=1S/C8H7BrF2/c1-5(9)6-2-3-7(10)8(11)4-6/h2-5H,1H3/t5-/m0/s1. The largest absolute Gasteiger partial charge is 0.204 e. The molecule has 0 N–H and O–H groups in total. The molecule has 1 atom stereocenters. The second-order valence-corrected chi connectivity index (χ2v) is 3.66. The molecule has 0 amide bonds. The normalized spacial score (nSPS) is 13.1. The second-order valence-electron chi connectivity index (χ2n) is 2.29. The van der Waals surface area contributed by atoms with Crippen molar-refractivity contribution in [1.29, 1.82) is 0 Å². The summed E-state index contributed by atoms with van der Waals surface area (Å²) < 4.78 is 24.9. The van der Waals surface area contributed by atoms with Crippen LogP contribution in [0.2, 0.25) is 0 Å². The van der Waals surface area contributed by atoms with Crippen LogP contribution in [0.3, 0.4) is 0 Å². The molecular weight excluding hydrogens is 214 g/mol. The number of alkyl halides is 1. The fraction of sp³-hybridized carbons (Fsp3) is 0.250. The minimum Gasteiger partial charge on any atom is -0.204 e. The second kappa shape index (κ2) is 3.30. The highest BCUT2D eigenvalue weighted by atomic mass is 79.9. The van der Waals surface area contributed by atoms with Gasteiger partial charge in [0.1, 0.15) is 0 Å². The summed E-state index contributed by atoms with van der Waals surface area (Å²) in [7, 11) is 0. The Balaban J connectivity index is 3.05. The van der Waals surface area contributed by atoms with Gasteiger partial charge < -0.3 is 0 Å². The summed E-state index contributed by atoms with van der Waals surface area (Å²) in [6.07, 6.45) is 0. The van der Waals surface area contributed by atoms with E-state index in [4.69, 9.17) is 0 Å². The molecule has 3 heteroatoms. The summed E-state index contributed by atoms with van der Waals surface area (Å²) >= 11 is 3.25. The van der Waals surface area contributed by atoms with E-state index >= 15 is 0 Å². The molecule has 0 nitrogen and oxygen atoms in total. The van der Waals surface area contributed by atoms with Crippen LogP contribution in [0, 0.1) is 11.6 Å². The molecule has 0 saturated carbocycles. The van der Waals surface area contributed by atoms with Crippen LogP contribution in [0.25, 0.3) is 0 Å². The minimum atomic E-state index is -0.804. The van der Waals surface area contributed by atoms with Gasteiger partial charge in [-0.3, -0.25) is 0 Å². The van der Waals surface area contributed by atoms with Gasteiger partial charge in [0.25, 0.3) is 0 Å². The third-order valence-electron chi connectivity index (χ3n) is 1.40. The zero-order valence-electron chi connectivity index (χ0n) is 5.94. The van der Waals surface area contributed by atoms with E-state index in [1.165, 1.54) is 6.07 Å². The highest BCUT2D eigenvalue weighted by Crippen LogP contribution is 2.22. The molecule has 0 aliphatic carbocycles. The number of benzene rings is 1. The van der Waals surface area contributed by atoms with Gasteiger partial charge in [-0.15, -0.1) is 0 Å². The number of hydrogen-bond acceptors (Lipinski definition) is 0. The molecule has 1 aromatic rings. The first-order valence-electron chi connectivity index (χ1n) is 3.20. The molecule has 0 aromatic heterocycles. The Hall–Kier alpha value is -0.440. The number of rotatable bonds is 1. The Bertz CT molecular complexity index is 258. The van der Waals surface area contributed by atoms with Crippen LogP contribution < -0.4 is 0 Å². The third-order valence-corrected chi connectivity index (χ3v) is 1.93. The molecule has 1 aromatic carbocycles. The maximum absolute atomic E-state index is 12.5. The van der Waals surface area contributed by atoms with Crippen molar-refractivity contribution < 1.29 is 8.78 Å². The lowest BCUT2D eigenvalue weighted by Crippen LogP contribution is -1.88. The molecule has 1 rings (SSSR count). The lowest BCUT2D eigenvalue weighted by atomic mass is 10.2. The Morgan fingerprint density at radius 2 is 1.91 bits per heavy atom. The molecule has 0 aliphatic rings. The minimum absolute atomic E-state index is 0.0533. The molecule has 0 heterocycles. The van der Waals surface area contributed by atoms with E-state index in [0.717, 1.165) is 11.6 Å². The SMILES string of the molecule is C[C@H](Br)c1ccc(F)c(F)c1. The predicted molar refractivity (Wildman–Crippen MR) is 43.7 cm³/mol. The first kappa shape index (κ1) is 8.65. The maximum atomic E-state index is 12.5. The number of halogens is 3. The average molecular weight is 221 g/mol. The highest BCUT2D eigenvalue weighted by Gasteiger charge is 2.05. The van der Waals surface area contributed by atoms with Crippen molar-refractivity contribution >= 4 is 15.9 Å². The lowest BCUT2D eigenvalue weighted by Gasteiger charge is -2.02. The fourth-order valence-corrected chi connectivity index (χ4v) is 1.04. The monoisotopic (exact) mass is 220 g/mol. The summed E-state index contributed by atoms with van der Waals surface area (Å²) in [5, 5.41) is 0. The van der Waals surface area contributed by atoms with E-state index in [2.05, 4.69) is 15.9 Å². The van der Waals surface area contributed by atoms with Gasteiger partial charge in [0.2, 0.25) is 0 Å². The van der Waals surface area contributed by atoms with Gasteiger partial charge in [-0.1, -0.05) is 22.0 Å². The first-order valence-corrected chi connectivity index (χ1v) is 4.12. The van der Waals surface area contributed by atoms with Crippen molar-refractivity contribution in [2.24, 2.45) is 0 Å². The van der Waals surface area contributed by atoms with Crippen LogP contribution in [0.4, 0.5) is 8.78 Å². The Morgan fingerprint density at radius 1 is 1.27 bits per heavy atom. The van der Waals surface area contributed by atoms with E-state index in [-0.39, 0.29) is 4.83 Å². The lowest BCUT2D eigenvalue weighted by molar-refractivity contribution is 0.507. The number of hydrogen-bond donors (Lipinski definition) is 0. The van der Waals surface area contributed by atoms with Crippen molar-refractivity contribution in [3.8, 4) is 0 Å². The molecule has 0 aliphatic heterocycles. The van der Waals surface area contributed by atoms with Gasteiger partial charge in [-0.05, 0) is 24.6 Å². The summed E-state index contributed by atoms with van der Waals surface area (Å²) in [5.41, 5.74) is 0.740. The molecule has 0 unspecified atom stereocenters. The third kappa shape index (κ3) is 1.99. The Kier molecular flexibility index (Phi) is 2.60. The van der Waals surface area contributed by atoms with Gasteiger partial charge in [0.15, 0.2) is 11.6 Å². The van der Waals surface area contributed by atoms with Gasteiger partial charge in [-0.25, -0.2) is 8.78 Å². The van der Waals surface area contributed by atoms with Gasteiger partial charge in [-0.2, -0.15) is 0 Å². The van der Waals surface area contributed by atoms with Crippen LogP contribution in [-0.2, 0) is 0 Å². The van der Waals surface area contributed by atoms with E-state index < -0.39 is 11.6 Å². The van der Waals surface area contributed by atoms with Gasteiger partial charge in [0.05, 0.1) is 0 Å². The predicted octanol–water partition coefficient (Wildman–Crippen LogP) is 3.42. The molecule has 0 bridgehead atoms. The van der Waals surface area contributed by atoms with Crippen molar-refractivity contribution in [1.82, 2.24) is 0 Å². The van der Waals surface area contributed by atoms with Crippen molar-refractivity contribution in [2.75, 3.05) is 0 Å². The molecule has 0 spiro atoms. The maximum Gasteiger partial charge on any atom is 0.159 e. The topological polar surface area (TPSA) is 0 Å². The van der Waals surface area contributed by atoms with Crippen LogP contribution in [0.1, 0.15) is 17.3 Å². The zero-order chi connectivity index (χ0) is 8.43. The van der Waals surface area contributed by atoms with E-state index in [1.807, 2.05) is 6.92 Å². The first-order chi connectivity index (χ1) is 5.11. The van der Waals surface area contributed by atoms with Gasteiger partial charge in [0, 0.05) is 4.83 Å². The molecule has 0 radical (unpaired) electrons. The van der Waals surface area contributed by atoms with Gasteiger partial charge >= 0.3 is 0 Å². The van der Waals surface area contributed by atoms with Crippen molar-refractivity contribution in [3.63, 3.8) is 0 Å². The van der Waals surface area contributed by atoms with E-state index in [1.54, 1.807) is 6.07 Å². The Labute approximate surface area is 72.4 Å². The summed E-state index contributed by atoms with van der Waals surface area (Å²) in [4.78, 5) is 0.0533. The van der Waals surface area contributed by atoms with Crippen LogP contribution in [-0.4, -0.2) is 0 Å². The molecule has 0 fully saturated rings. The Morgan fingerprint density at radius 3 is 2.36 bits per heavy atom. The highest BCUT2D eigenvalue weighted by molar-refractivity contribution is 9.09. The summed E-state index contributed by atoms with van der Waals surface area (Å²) in [5.74, 6) is -1.60. The molecule has 0 saturated heterocycles. The van der Waals surface area contributed by atoms with Crippen molar-refractivity contribution in [3.05, 3.63) is 35.4 Å². The van der Waals surface area contributed by atoms with Crippen LogP contribution in [0.15, 0.2) is 18.2 Å². The summed E-state index contributed by atoms with van der Waals surface area (Å²) in [6.45, 7) is 1.85. The zero-order valence-corrected chi connectivity index (χ0v) is 7.53. The van der Waals surface area contributed by atoms with Crippen LogP contribution >= 0.6 is 15.9 Å². The van der Waals surface area contributed by atoms with E-state index in [9.17, 15) is 8.78 Å². The average Bonchev–Trinajstić information content (AvgIpc) is 1.94. The van der Waals surface area contributed by atoms with Crippen molar-refractivity contribution in [2.45, 2.75) is 11.8 Å². The van der Waals surface area contributed by atoms with Crippen LogP contribution in [0.5, 0.6) is 0 Å². The molecule has 11 heavy (non-hydrogen) atoms. The van der Waals surface area contributed by atoms with E-state index in [0.29, 0.717) is 0 Å². The smallest absolute Gasteiger partial charge is 0.159 e. The quantitative estimate of drug-likeness (QED) is 0.637.